The van der Waals surface area contributed by atoms with E-state index in [1.54, 1.807) is 0 Å². The molecule has 1 N–H and O–H groups in total. The average molecular weight is 351 g/mol. The molecule has 1 aliphatic heterocycles. The van der Waals surface area contributed by atoms with E-state index < -0.39 is 22.0 Å². The van der Waals surface area contributed by atoms with Crippen molar-refractivity contribution in [1.29, 1.82) is 0 Å². The number of benzene rings is 1. The van der Waals surface area contributed by atoms with Crippen LogP contribution in [0.2, 0.25) is 0 Å². The molecule has 1 aromatic carbocycles. The number of likely N-dealkylation sites (N-methyl/N-ethyl adjacent to an activating group) is 1. The van der Waals surface area contributed by atoms with Gasteiger partial charge in [-0.25, -0.2) is 13.2 Å². The van der Waals surface area contributed by atoms with Gasteiger partial charge in [-0.05, 0) is 30.7 Å². The fourth-order valence-electron chi connectivity index (χ4n) is 3.33. The highest BCUT2D eigenvalue weighted by Gasteiger charge is 2.39. The van der Waals surface area contributed by atoms with Crippen molar-refractivity contribution in [3.05, 3.63) is 45.8 Å². The second kappa shape index (κ2) is 6.31. The lowest BCUT2D eigenvalue weighted by Crippen LogP contribution is -2.42. The van der Waals surface area contributed by atoms with Gasteiger partial charge in [0.05, 0.1) is 23.7 Å². The molecule has 2 heterocycles. The van der Waals surface area contributed by atoms with Crippen LogP contribution in [-0.2, 0) is 16.4 Å². The molecule has 130 valence electrons. The van der Waals surface area contributed by atoms with Crippen LogP contribution in [0.25, 0.3) is 11.0 Å². The molecule has 1 saturated heterocycles. The van der Waals surface area contributed by atoms with Crippen molar-refractivity contribution in [2.45, 2.75) is 32.5 Å². The van der Waals surface area contributed by atoms with Gasteiger partial charge in [0.2, 0.25) is 0 Å². The molecule has 24 heavy (non-hydrogen) atoms. The van der Waals surface area contributed by atoms with Gasteiger partial charge in [0.15, 0.2) is 9.84 Å². The first-order valence-corrected chi connectivity index (χ1v) is 9.77. The number of rotatable bonds is 4. The Kier molecular flexibility index (Phi) is 4.50. The number of nitrogens with zero attached hydrogens (tertiary/aromatic N) is 1. The molecule has 2 atom stereocenters. The molecule has 0 unspecified atom stereocenters. The largest absolute Gasteiger partial charge is 0.423 e. The van der Waals surface area contributed by atoms with Crippen molar-refractivity contribution in [3.8, 4) is 0 Å². The van der Waals surface area contributed by atoms with Gasteiger partial charge in [-0.1, -0.05) is 19.1 Å². The van der Waals surface area contributed by atoms with E-state index >= 15 is 0 Å². The molecule has 0 radical (unpaired) electrons. The molecule has 0 bridgehead atoms. The van der Waals surface area contributed by atoms with Crippen LogP contribution < -0.4 is 5.63 Å². The fraction of sp³-hybridized carbons (Fsp3) is 0.471. The average Bonchev–Trinajstić information content (AvgIpc) is 2.77. The highest BCUT2D eigenvalue weighted by molar-refractivity contribution is 7.91. The molecule has 2 aromatic rings. The third-order valence-corrected chi connectivity index (χ3v) is 6.27. The van der Waals surface area contributed by atoms with Crippen molar-refractivity contribution >= 4 is 20.8 Å². The number of hydrogen-bond donors (Lipinski definition) is 1. The molecule has 1 fully saturated rings. The molecular weight excluding hydrogens is 330 g/mol. The Morgan fingerprint density at radius 3 is 2.67 bits per heavy atom. The van der Waals surface area contributed by atoms with Crippen LogP contribution in [0.5, 0.6) is 0 Å². The lowest BCUT2D eigenvalue weighted by Gasteiger charge is -2.28. The summed E-state index contributed by atoms with van der Waals surface area (Å²) in [6.45, 7) is 4.90. The maximum absolute atomic E-state index is 11.7. The Labute approximate surface area is 140 Å². The molecule has 1 aromatic heterocycles. The van der Waals surface area contributed by atoms with E-state index in [0.717, 1.165) is 16.5 Å². The molecule has 0 aliphatic carbocycles. The summed E-state index contributed by atoms with van der Waals surface area (Å²) >= 11 is 0. The Hall–Kier alpha value is -1.70. The minimum atomic E-state index is -3.19. The van der Waals surface area contributed by atoms with Crippen LogP contribution >= 0.6 is 0 Å². The Bertz CT molecular complexity index is 918. The molecule has 6 nitrogen and oxygen atoms in total. The molecular formula is C17H21NO5S. The lowest BCUT2D eigenvalue weighted by atomic mass is 10.1. The van der Waals surface area contributed by atoms with Gasteiger partial charge in [-0.2, -0.15) is 0 Å². The number of aliphatic hydroxyl groups is 1. The predicted octanol–water partition coefficient (Wildman–Crippen LogP) is 1.08. The summed E-state index contributed by atoms with van der Waals surface area (Å²) in [6, 6.07) is 6.70. The van der Waals surface area contributed by atoms with Crippen LogP contribution in [-0.4, -0.2) is 48.6 Å². The van der Waals surface area contributed by atoms with Gasteiger partial charge < -0.3 is 9.52 Å². The van der Waals surface area contributed by atoms with Gasteiger partial charge in [0.25, 0.3) is 0 Å². The van der Waals surface area contributed by atoms with Crippen molar-refractivity contribution in [1.82, 2.24) is 4.90 Å². The third-order valence-electron chi connectivity index (χ3n) is 4.57. The molecule has 1 aliphatic rings. The summed E-state index contributed by atoms with van der Waals surface area (Å²) in [7, 11) is -3.19. The smallest absolute Gasteiger partial charge is 0.336 e. The maximum Gasteiger partial charge on any atom is 0.336 e. The summed E-state index contributed by atoms with van der Waals surface area (Å²) < 4.78 is 28.7. The van der Waals surface area contributed by atoms with E-state index in [-0.39, 0.29) is 17.1 Å². The van der Waals surface area contributed by atoms with Gasteiger partial charge in [-0.15, -0.1) is 0 Å². The molecule has 0 amide bonds. The number of hydrogen-bond acceptors (Lipinski definition) is 6. The normalized spacial score (nSPS) is 23.2. The predicted molar refractivity (Wildman–Crippen MR) is 91.8 cm³/mol. The first kappa shape index (κ1) is 17.1. The van der Waals surface area contributed by atoms with Crippen LogP contribution in [0.15, 0.2) is 33.5 Å². The highest BCUT2D eigenvalue weighted by Crippen LogP contribution is 2.23. The standard InChI is InChI=1S/C17H21NO5S/c1-3-18(14-9-24(21,22)10-15(14)19)8-12-4-5-13-11(2)6-17(20)23-16(13)7-12/h4-7,14-15,19H,3,8-10H2,1-2H3/t14-,15-/m0/s1. The highest BCUT2D eigenvalue weighted by atomic mass is 32.2. The zero-order valence-electron chi connectivity index (χ0n) is 13.7. The lowest BCUT2D eigenvalue weighted by molar-refractivity contribution is 0.0819. The quantitative estimate of drug-likeness (QED) is 0.830. The molecule has 0 spiro atoms. The van der Waals surface area contributed by atoms with E-state index in [1.807, 2.05) is 36.9 Å². The Balaban J connectivity index is 1.89. The van der Waals surface area contributed by atoms with E-state index in [1.165, 1.54) is 6.07 Å². The van der Waals surface area contributed by atoms with Crippen molar-refractivity contribution < 1.29 is 17.9 Å². The SMILES string of the molecule is CCN(Cc1ccc2c(C)cc(=O)oc2c1)[C@H]1CS(=O)(=O)C[C@@H]1O. The van der Waals surface area contributed by atoms with Crippen molar-refractivity contribution in [2.24, 2.45) is 0 Å². The fourth-order valence-corrected chi connectivity index (χ4v) is 5.16. The van der Waals surface area contributed by atoms with Crippen LogP contribution in [0, 0.1) is 6.92 Å². The zero-order valence-corrected chi connectivity index (χ0v) is 14.5. The van der Waals surface area contributed by atoms with Gasteiger partial charge >= 0.3 is 5.63 Å². The Morgan fingerprint density at radius 2 is 2.04 bits per heavy atom. The zero-order chi connectivity index (χ0) is 17.5. The summed E-state index contributed by atoms with van der Waals surface area (Å²) in [5.41, 5.74) is 1.90. The second-order valence-corrected chi connectivity index (χ2v) is 8.51. The number of aliphatic hydroxyl groups excluding tert-OH is 1. The maximum atomic E-state index is 11.7. The van der Waals surface area contributed by atoms with E-state index in [0.29, 0.717) is 18.7 Å². The van der Waals surface area contributed by atoms with Gasteiger partial charge in [-0.3, -0.25) is 4.90 Å². The number of fused-ring (bicyclic) bond motifs is 1. The van der Waals surface area contributed by atoms with E-state index in [2.05, 4.69) is 0 Å². The summed E-state index contributed by atoms with van der Waals surface area (Å²) in [5.74, 6) is -0.205. The molecule has 3 rings (SSSR count). The minimum absolute atomic E-state index is 0.0240. The van der Waals surface area contributed by atoms with Crippen LogP contribution in [0.3, 0.4) is 0 Å². The van der Waals surface area contributed by atoms with Crippen molar-refractivity contribution in [3.63, 3.8) is 0 Å². The van der Waals surface area contributed by atoms with Crippen LogP contribution in [0.4, 0.5) is 0 Å². The van der Waals surface area contributed by atoms with E-state index in [4.69, 9.17) is 4.42 Å². The topological polar surface area (TPSA) is 87.8 Å². The number of sulfone groups is 1. The van der Waals surface area contributed by atoms with E-state index in [9.17, 15) is 18.3 Å². The third kappa shape index (κ3) is 3.38. The summed E-state index contributed by atoms with van der Waals surface area (Å²) in [4.78, 5) is 13.5. The van der Waals surface area contributed by atoms with Gasteiger partial charge in [0, 0.05) is 18.0 Å². The molecule has 0 saturated carbocycles. The second-order valence-electron chi connectivity index (χ2n) is 6.35. The van der Waals surface area contributed by atoms with Gasteiger partial charge in [0.1, 0.15) is 5.58 Å². The first-order valence-electron chi connectivity index (χ1n) is 7.95. The summed E-state index contributed by atoms with van der Waals surface area (Å²) in [6.07, 6.45) is -0.865. The van der Waals surface area contributed by atoms with Crippen LogP contribution in [0.1, 0.15) is 18.1 Å². The Morgan fingerprint density at radius 1 is 1.29 bits per heavy atom. The molecule has 7 heteroatoms. The summed E-state index contributed by atoms with van der Waals surface area (Å²) in [5, 5.41) is 10.9. The minimum Gasteiger partial charge on any atom is -0.423 e. The monoisotopic (exact) mass is 351 g/mol. The van der Waals surface area contributed by atoms with Crippen molar-refractivity contribution in [2.75, 3.05) is 18.1 Å². The first-order chi connectivity index (χ1) is 11.3. The number of aryl methyl sites for hydroxylation is 1.